The summed E-state index contributed by atoms with van der Waals surface area (Å²) < 4.78 is 21.9. The molecule has 0 saturated heterocycles. The van der Waals surface area contributed by atoms with E-state index in [0.29, 0.717) is 15.8 Å². The third-order valence-corrected chi connectivity index (χ3v) is 4.54. The molecule has 9 heteroatoms. The molecule has 136 valence electrons. The molecule has 0 saturated carbocycles. The van der Waals surface area contributed by atoms with Gasteiger partial charge in [-0.25, -0.2) is 4.79 Å². The van der Waals surface area contributed by atoms with Crippen LogP contribution < -0.4 is 14.2 Å². The number of methoxy groups -OCH3 is 3. The van der Waals surface area contributed by atoms with Crippen LogP contribution in [0.3, 0.4) is 0 Å². The van der Waals surface area contributed by atoms with E-state index in [4.69, 9.17) is 18.9 Å². The molecule has 26 heavy (non-hydrogen) atoms. The van der Waals surface area contributed by atoms with Gasteiger partial charge in [-0.3, -0.25) is 10.1 Å². The van der Waals surface area contributed by atoms with Crippen LogP contribution in [0.4, 0.5) is 5.69 Å². The summed E-state index contributed by atoms with van der Waals surface area (Å²) >= 11 is 3.35. The number of esters is 1. The zero-order chi connectivity index (χ0) is 19.0. The zero-order valence-electron chi connectivity index (χ0n) is 14.1. The first-order valence-electron chi connectivity index (χ1n) is 7.40. The van der Waals surface area contributed by atoms with Gasteiger partial charge < -0.3 is 18.9 Å². The second-order valence-corrected chi connectivity index (χ2v) is 6.26. The number of ether oxygens (including phenoxy) is 4. The summed E-state index contributed by atoms with van der Waals surface area (Å²) in [4.78, 5) is 23.6. The maximum absolute atomic E-state index is 12.5. The van der Waals surface area contributed by atoms with E-state index in [1.165, 1.54) is 27.4 Å². The molecule has 0 amide bonds. The molecule has 8 nitrogen and oxygen atoms in total. The Morgan fingerprint density at radius 3 is 2.38 bits per heavy atom. The van der Waals surface area contributed by atoms with Gasteiger partial charge in [0, 0.05) is 10.0 Å². The van der Waals surface area contributed by atoms with Gasteiger partial charge in [-0.15, -0.1) is 0 Å². The van der Waals surface area contributed by atoms with Crippen LogP contribution in [0.25, 0.3) is 0 Å². The van der Waals surface area contributed by atoms with Crippen molar-refractivity contribution in [1.82, 2.24) is 0 Å². The van der Waals surface area contributed by atoms with Gasteiger partial charge in [0.1, 0.15) is 11.3 Å². The van der Waals surface area contributed by atoms with Crippen LogP contribution in [-0.2, 0) is 4.74 Å². The number of carbonyl (C=O) groups is 1. The van der Waals surface area contributed by atoms with Crippen LogP contribution in [0.1, 0.15) is 27.6 Å². The van der Waals surface area contributed by atoms with Crippen molar-refractivity contribution in [2.24, 2.45) is 0 Å². The van der Waals surface area contributed by atoms with Crippen LogP contribution in [0, 0.1) is 10.1 Å². The van der Waals surface area contributed by atoms with E-state index in [2.05, 4.69) is 15.9 Å². The fourth-order valence-corrected chi connectivity index (χ4v) is 3.35. The van der Waals surface area contributed by atoms with Gasteiger partial charge in [-0.1, -0.05) is 15.9 Å². The number of hydrogen-bond acceptors (Lipinski definition) is 7. The van der Waals surface area contributed by atoms with Crippen molar-refractivity contribution < 1.29 is 28.7 Å². The Labute approximate surface area is 156 Å². The molecular weight excluding hydrogens is 410 g/mol. The Balaban J connectivity index is 2.34. The van der Waals surface area contributed by atoms with Crippen LogP contribution >= 0.6 is 15.9 Å². The number of benzene rings is 2. The van der Waals surface area contributed by atoms with Crippen LogP contribution in [-0.4, -0.2) is 32.2 Å². The number of rotatable bonds is 5. The SMILES string of the molecule is COc1ccc(Br)cc1C1OC(=O)c2c(OC)c(OC)cc([N+](=O)[O-])c21. The first-order chi connectivity index (χ1) is 12.4. The van der Waals surface area contributed by atoms with Crippen molar-refractivity contribution in [1.29, 1.82) is 0 Å². The summed E-state index contributed by atoms with van der Waals surface area (Å²) in [7, 11) is 4.15. The molecule has 0 fully saturated rings. The second kappa shape index (κ2) is 6.83. The molecule has 0 N–H and O–H groups in total. The highest BCUT2D eigenvalue weighted by Gasteiger charge is 2.44. The molecule has 3 rings (SSSR count). The van der Waals surface area contributed by atoms with Crippen molar-refractivity contribution in [2.75, 3.05) is 21.3 Å². The standard InChI is InChI=1S/C17H14BrNO7/c1-23-11-5-4-8(18)6-9(11)15-13-10(19(21)22)7-12(24-2)16(25-3)14(13)17(20)26-15/h4-7,15H,1-3H3. The summed E-state index contributed by atoms with van der Waals surface area (Å²) in [5.41, 5.74) is 0.263. The zero-order valence-corrected chi connectivity index (χ0v) is 15.7. The third-order valence-electron chi connectivity index (χ3n) is 4.05. The van der Waals surface area contributed by atoms with Gasteiger partial charge in [0.15, 0.2) is 17.6 Å². The highest BCUT2D eigenvalue weighted by Crippen LogP contribution is 2.50. The number of carbonyl (C=O) groups excluding carboxylic acids is 1. The number of nitro groups is 1. The molecule has 0 bridgehead atoms. The highest BCUT2D eigenvalue weighted by molar-refractivity contribution is 9.10. The van der Waals surface area contributed by atoms with Crippen LogP contribution in [0.2, 0.25) is 0 Å². The molecule has 1 heterocycles. The minimum absolute atomic E-state index is 0.0226. The largest absolute Gasteiger partial charge is 0.496 e. The first-order valence-corrected chi connectivity index (χ1v) is 8.19. The average Bonchev–Trinajstić information content (AvgIpc) is 2.97. The van der Waals surface area contributed by atoms with Gasteiger partial charge in [-0.2, -0.15) is 0 Å². The lowest BCUT2D eigenvalue weighted by Crippen LogP contribution is -2.06. The van der Waals surface area contributed by atoms with Gasteiger partial charge in [0.05, 0.1) is 37.9 Å². The van der Waals surface area contributed by atoms with E-state index in [1.54, 1.807) is 18.2 Å². The summed E-state index contributed by atoms with van der Waals surface area (Å²) in [5, 5.41) is 11.6. The summed E-state index contributed by atoms with van der Waals surface area (Å²) in [5.74, 6) is -0.125. The van der Waals surface area contributed by atoms with E-state index in [0.717, 1.165) is 0 Å². The minimum Gasteiger partial charge on any atom is -0.496 e. The maximum Gasteiger partial charge on any atom is 0.343 e. The molecule has 1 atom stereocenters. The Morgan fingerprint density at radius 1 is 1.12 bits per heavy atom. The fourth-order valence-electron chi connectivity index (χ4n) is 2.97. The number of halogens is 1. The van der Waals surface area contributed by atoms with Crippen molar-refractivity contribution in [3.05, 3.63) is 55.5 Å². The predicted octanol–water partition coefficient (Wildman–Crippen LogP) is 3.64. The number of nitro benzene ring substituents is 1. The van der Waals surface area contributed by atoms with E-state index in [9.17, 15) is 14.9 Å². The summed E-state index contributed by atoms with van der Waals surface area (Å²) in [6.07, 6.45) is -1.01. The molecule has 1 aliphatic rings. The Morgan fingerprint density at radius 2 is 1.81 bits per heavy atom. The van der Waals surface area contributed by atoms with Crippen molar-refractivity contribution in [3.63, 3.8) is 0 Å². The molecule has 0 aliphatic carbocycles. The molecule has 0 spiro atoms. The van der Waals surface area contributed by atoms with Gasteiger partial charge in [0.25, 0.3) is 5.69 Å². The smallest absolute Gasteiger partial charge is 0.343 e. The number of hydrogen-bond donors (Lipinski definition) is 0. The predicted molar refractivity (Wildman–Crippen MR) is 94.2 cm³/mol. The number of nitrogens with zero attached hydrogens (tertiary/aromatic N) is 1. The molecule has 0 aromatic heterocycles. The topological polar surface area (TPSA) is 97.1 Å². The summed E-state index contributed by atoms with van der Waals surface area (Å²) in [6.45, 7) is 0. The fraction of sp³-hybridized carbons (Fsp3) is 0.235. The molecule has 2 aromatic rings. The third kappa shape index (κ3) is 2.74. The van der Waals surface area contributed by atoms with E-state index in [-0.39, 0.29) is 28.3 Å². The Bertz CT molecular complexity index is 912. The van der Waals surface area contributed by atoms with Crippen molar-refractivity contribution >= 4 is 27.6 Å². The number of fused-ring (bicyclic) bond motifs is 1. The summed E-state index contributed by atoms with van der Waals surface area (Å²) in [6, 6.07) is 6.34. The van der Waals surface area contributed by atoms with Gasteiger partial charge in [0.2, 0.25) is 0 Å². The number of cyclic esters (lactones) is 1. The van der Waals surface area contributed by atoms with E-state index in [1.807, 2.05) is 0 Å². The van der Waals surface area contributed by atoms with Crippen molar-refractivity contribution in [2.45, 2.75) is 6.10 Å². The quantitative estimate of drug-likeness (QED) is 0.411. The molecule has 0 radical (unpaired) electrons. The van der Waals surface area contributed by atoms with Crippen LogP contribution in [0.15, 0.2) is 28.7 Å². The normalized spacial score (nSPS) is 15.2. The Hall–Kier alpha value is -2.81. The lowest BCUT2D eigenvalue weighted by atomic mass is 9.95. The van der Waals surface area contributed by atoms with Crippen molar-refractivity contribution in [3.8, 4) is 17.2 Å². The van der Waals surface area contributed by atoms with Gasteiger partial charge in [-0.05, 0) is 18.2 Å². The highest BCUT2D eigenvalue weighted by atomic mass is 79.9. The maximum atomic E-state index is 12.5. The lowest BCUT2D eigenvalue weighted by molar-refractivity contribution is -0.386. The second-order valence-electron chi connectivity index (χ2n) is 5.35. The first kappa shape index (κ1) is 18.0. The molecule has 2 aromatic carbocycles. The lowest BCUT2D eigenvalue weighted by Gasteiger charge is -2.16. The monoisotopic (exact) mass is 423 g/mol. The Kier molecular flexibility index (Phi) is 4.73. The molecule has 1 unspecified atom stereocenters. The average molecular weight is 424 g/mol. The van der Waals surface area contributed by atoms with E-state index < -0.39 is 17.0 Å². The van der Waals surface area contributed by atoms with Crippen LogP contribution in [0.5, 0.6) is 17.2 Å². The molecular formula is C17H14BrNO7. The van der Waals surface area contributed by atoms with E-state index >= 15 is 0 Å². The van der Waals surface area contributed by atoms with Gasteiger partial charge >= 0.3 is 5.97 Å². The minimum atomic E-state index is -1.01. The molecule has 1 aliphatic heterocycles.